The summed E-state index contributed by atoms with van der Waals surface area (Å²) >= 11 is 0. The summed E-state index contributed by atoms with van der Waals surface area (Å²) in [5, 5.41) is 10.2. The van der Waals surface area contributed by atoms with E-state index in [2.05, 4.69) is 17.0 Å². The zero-order valence-electron chi connectivity index (χ0n) is 10.7. The maximum Gasteiger partial charge on any atom is 0.126 e. The fraction of sp³-hybridized carbons (Fsp3) is 0.467. The lowest BCUT2D eigenvalue weighted by atomic mass is 9.81. The van der Waals surface area contributed by atoms with Crippen LogP contribution in [0.25, 0.3) is 5.57 Å². The van der Waals surface area contributed by atoms with Gasteiger partial charge in [0.2, 0.25) is 0 Å². The normalized spacial score (nSPS) is 30.8. The molecule has 96 valence electrons. The van der Waals surface area contributed by atoms with Crippen molar-refractivity contribution in [3.05, 3.63) is 35.9 Å². The van der Waals surface area contributed by atoms with Gasteiger partial charge in [0, 0.05) is 31.1 Å². The summed E-state index contributed by atoms with van der Waals surface area (Å²) in [6, 6.07) is 8.08. The van der Waals surface area contributed by atoms with Gasteiger partial charge in [0.25, 0.3) is 0 Å². The largest absolute Gasteiger partial charge is 0.496 e. The fourth-order valence-corrected chi connectivity index (χ4v) is 3.05. The number of para-hydroxylation sites is 1. The number of aliphatic hydroxyl groups is 1. The molecule has 0 amide bonds. The molecule has 3 nitrogen and oxygen atoms in total. The second-order valence-electron chi connectivity index (χ2n) is 5.08. The van der Waals surface area contributed by atoms with Crippen molar-refractivity contribution < 1.29 is 9.84 Å². The number of ether oxygens (including phenoxy) is 1. The van der Waals surface area contributed by atoms with Crippen LogP contribution in [0, 0.1) is 5.92 Å². The van der Waals surface area contributed by atoms with Crippen molar-refractivity contribution in [2.24, 2.45) is 5.92 Å². The third kappa shape index (κ3) is 1.93. The van der Waals surface area contributed by atoms with Crippen molar-refractivity contribution in [1.82, 2.24) is 4.90 Å². The Kier molecular flexibility index (Phi) is 3.10. The molecule has 0 radical (unpaired) electrons. The van der Waals surface area contributed by atoms with Gasteiger partial charge in [-0.2, -0.15) is 0 Å². The van der Waals surface area contributed by atoms with E-state index in [1.54, 1.807) is 7.11 Å². The van der Waals surface area contributed by atoms with E-state index in [4.69, 9.17) is 4.74 Å². The Morgan fingerprint density at radius 3 is 3.00 bits per heavy atom. The molecule has 2 heterocycles. The van der Waals surface area contributed by atoms with Crippen LogP contribution in [0.3, 0.4) is 0 Å². The first kappa shape index (κ1) is 11.8. The van der Waals surface area contributed by atoms with Gasteiger partial charge in [-0.15, -0.1) is 0 Å². The highest BCUT2D eigenvalue weighted by atomic mass is 16.5. The van der Waals surface area contributed by atoms with Crippen LogP contribution in [0.1, 0.15) is 12.0 Å². The zero-order valence-corrected chi connectivity index (χ0v) is 10.7. The van der Waals surface area contributed by atoms with Gasteiger partial charge >= 0.3 is 0 Å². The Morgan fingerprint density at radius 2 is 2.17 bits per heavy atom. The summed E-state index contributed by atoms with van der Waals surface area (Å²) in [4.78, 5) is 2.40. The average molecular weight is 245 g/mol. The van der Waals surface area contributed by atoms with Crippen LogP contribution in [0.2, 0.25) is 0 Å². The first-order chi connectivity index (χ1) is 8.79. The van der Waals surface area contributed by atoms with E-state index in [1.807, 2.05) is 18.2 Å². The van der Waals surface area contributed by atoms with E-state index in [9.17, 15) is 5.11 Å². The molecule has 18 heavy (non-hydrogen) atoms. The van der Waals surface area contributed by atoms with Crippen molar-refractivity contribution in [3.63, 3.8) is 0 Å². The molecule has 0 aromatic heterocycles. The monoisotopic (exact) mass is 245 g/mol. The molecule has 1 unspecified atom stereocenters. The molecular formula is C15H19NO2. The van der Waals surface area contributed by atoms with Gasteiger partial charge in [0.1, 0.15) is 5.75 Å². The fourth-order valence-electron chi connectivity index (χ4n) is 3.05. The minimum Gasteiger partial charge on any atom is -0.496 e. The first-order valence-electron chi connectivity index (χ1n) is 6.53. The van der Waals surface area contributed by atoms with Crippen molar-refractivity contribution >= 4 is 5.57 Å². The van der Waals surface area contributed by atoms with Crippen LogP contribution in [0.5, 0.6) is 5.75 Å². The molecule has 2 bridgehead atoms. The minimum absolute atomic E-state index is 0.224. The van der Waals surface area contributed by atoms with Crippen LogP contribution < -0.4 is 4.74 Å². The number of piperidine rings is 1. The minimum atomic E-state index is -0.224. The molecular weight excluding hydrogens is 226 g/mol. The lowest BCUT2D eigenvalue weighted by Gasteiger charge is -2.41. The van der Waals surface area contributed by atoms with Crippen LogP contribution in [0.4, 0.5) is 0 Å². The zero-order chi connectivity index (χ0) is 12.5. The standard InChI is InChI=1S/C15H19NO2/c1-18-15-5-3-2-4-12(15)11-6-8-16-9-7-14(17)13(11)10-16/h2-6,13-14,17H,7-10H2,1H3/t13-,14-/m0/s1. The molecule has 3 rings (SSSR count). The second kappa shape index (κ2) is 4.75. The van der Waals surface area contributed by atoms with Crippen molar-refractivity contribution in [2.75, 3.05) is 26.7 Å². The molecule has 3 atom stereocenters. The lowest BCUT2D eigenvalue weighted by Crippen LogP contribution is -2.46. The third-order valence-corrected chi connectivity index (χ3v) is 4.05. The van der Waals surface area contributed by atoms with E-state index in [-0.39, 0.29) is 12.0 Å². The summed E-state index contributed by atoms with van der Waals surface area (Å²) in [6.07, 6.45) is 2.89. The Hall–Kier alpha value is -1.32. The maximum absolute atomic E-state index is 10.2. The van der Waals surface area contributed by atoms with Crippen LogP contribution in [-0.4, -0.2) is 42.9 Å². The molecule has 1 saturated heterocycles. The molecule has 2 aliphatic heterocycles. The summed E-state index contributed by atoms with van der Waals surface area (Å²) in [6.45, 7) is 2.95. The van der Waals surface area contributed by atoms with Gasteiger partial charge in [-0.3, -0.25) is 4.90 Å². The highest BCUT2D eigenvalue weighted by Crippen LogP contribution is 2.37. The Balaban J connectivity index is 2.00. The molecule has 0 aliphatic carbocycles. The van der Waals surface area contributed by atoms with Crippen molar-refractivity contribution in [1.29, 1.82) is 0 Å². The van der Waals surface area contributed by atoms with E-state index in [0.29, 0.717) is 0 Å². The summed E-state index contributed by atoms with van der Waals surface area (Å²) in [5.41, 5.74) is 2.38. The topological polar surface area (TPSA) is 32.7 Å². The molecule has 1 N–H and O–H groups in total. The Labute approximate surface area is 108 Å². The summed E-state index contributed by atoms with van der Waals surface area (Å²) in [5.74, 6) is 1.12. The maximum atomic E-state index is 10.2. The van der Waals surface area contributed by atoms with Crippen molar-refractivity contribution in [2.45, 2.75) is 12.5 Å². The number of nitrogens with zero attached hydrogens (tertiary/aromatic N) is 1. The number of methoxy groups -OCH3 is 1. The number of benzene rings is 1. The SMILES string of the molecule is COc1ccccc1C1=CCN2CC[C@H](O)[C@H]1C2. The molecule has 0 saturated carbocycles. The van der Waals surface area contributed by atoms with E-state index in [0.717, 1.165) is 37.4 Å². The quantitative estimate of drug-likeness (QED) is 0.862. The molecule has 2 aliphatic rings. The van der Waals surface area contributed by atoms with E-state index < -0.39 is 0 Å². The van der Waals surface area contributed by atoms with Gasteiger partial charge < -0.3 is 9.84 Å². The van der Waals surface area contributed by atoms with Crippen LogP contribution in [0.15, 0.2) is 30.3 Å². The van der Waals surface area contributed by atoms with E-state index >= 15 is 0 Å². The smallest absolute Gasteiger partial charge is 0.126 e. The van der Waals surface area contributed by atoms with Crippen LogP contribution in [-0.2, 0) is 0 Å². The number of aliphatic hydroxyl groups excluding tert-OH is 1. The number of hydrogen-bond donors (Lipinski definition) is 1. The number of fused-ring (bicyclic) bond motifs is 2. The predicted octanol–water partition coefficient (Wildman–Crippen LogP) is 1.77. The van der Waals surface area contributed by atoms with Gasteiger partial charge in [-0.05, 0) is 18.1 Å². The van der Waals surface area contributed by atoms with Crippen LogP contribution >= 0.6 is 0 Å². The molecule has 3 heteroatoms. The summed E-state index contributed by atoms with van der Waals surface area (Å²) in [7, 11) is 1.70. The average Bonchev–Trinajstić information content (AvgIpc) is 2.43. The third-order valence-electron chi connectivity index (χ3n) is 4.05. The van der Waals surface area contributed by atoms with Gasteiger partial charge in [-0.25, -0.2) is 0 Å². The highest BCUT2D eigenvalue weighted by molar-refractivity contribution is 5.73. The number of hydrogen-bond acceptors (Lipinski definition) is 3. The highest BCUT2D eigenvalue weighted by Gasteiger charge is 2.34. The molecule has 1 aromatic rings. The second-order valence-corrected chi connectivity index (χ2v) is 5.08. The summed E-state index contributed by atoms with van der Waals surface area (Å²) < 4.78 is 5.44. The van der Waals surface area contributed by atoms with E-state index in [1.165, 1.54) is 5.57 Å². The van der Waals surface area contributed by atoms with Gasteiger partial charge in [-0.1, -0.05) is 24.3 Å². The van der Waals surface area contributed by atoms with Gasteiger partial charge in [0.05, 0.1) is 13.2 Å². The molecule has 0 spiro atoms. The molecule has 1 fully saturated rings. The lowest BCUT2D eigenvalue weighted by molar-refractivity contribution is 0.0508. The first-order valence-corrected chi connectivity index (χ1v) is 6.53. The Bertz CT molecular complexity index is 469. The van der Waals surface area contributed by atoms with Crippen molar-refractivity contribution in [3.8, 4) is 5.75 Å². The molecule has 1 aromatic carbocycles. The van der Waals surface area contributed by atoms with Gasteiger partial charge in [0.15, 0.2) is 0 Å². The predicted molar refractivity (Wildman–Crippen MR) is 71.5 cm³/mol. The Morgan fingerprint density at radius 1 is 1.33 bits per heavy atom. The number of rotatable bonds is 2.